The van der Waals surface area contributed by atoms with Gasteiger partial charge in [-0.3, -0.25) is 14.4 Å². The van der Waals surface area contributed by atoms with Crippen LogP contribution in [0, 0.1) is 0 Å². The molecule has 6 heteroatoms. The number of esters is 3. The maximum Gasteiger partial charge on any atom is 0.306 e. The third-order valence-corrected chi connectivity index (χ3v) is 11.8. The summed E-state index contributed by atoms with van der Waals surface area (Å²) in [6.45, 7) is 6.38. The van der Waals surface area contributed by atoms with Gasteiger partial charge in [0, 0.05) is 19.3 Å². The fourth-order valence-electron chi connectivity index (χ4n) is 7.43. The van der Waals surface area contributed by atoms with Gasteiger partial charge in [0.1, 0.15) is 13.2 Å². The summed E-state index contributed by atoms with van der Waals surface area (Å²) in [6, 6.07) is 0. The molecule has 0 aromatic rings. The Morgan fingerprint density at radius 2 is 0.611 bits per heavy atom. The Morgan fingerprint density at radius 1 is 0.306 bits per heavy atom. The highest BCUT2D eigenvalue weighted by atomic mass is 16.6. The molecule has 0 aliphatic heterocycles. The van der Waals surface area contributed by atoms with E-state index < -0.39 is 6.10 Å². The van der Waals surface area contributed by atoms with E-state index >= 15 is 0 Å². The van der Waals surface area contributed by atoms with E-state index in [4.69, 9.17) is 14.2 Å². The summed E-state index contributed by atoms with van der Waals surface area (Å²) in [5.74, 6) is -1.04. The van der Waals surface area contributed by atoms with Gasteiger partial charge in [-0.15, -0.1) is 0 Å². The van der Waals surface area contributed by atoms with Gasteiger partial charge in [0.2, 0.25) is 0 Å². The van der Waals surface area contributed by atoms with Crippen molar-refractivity contribution in [2.24, 2.45) is 0 Å². The Bertz CT molecular complexity index is 1610. The second-order valence-corrected chi connectivity index (χ2v) is 18.7. The monoisotopic (exact) mass is 993 g/mol. The van der Waals surface area contributed by atoms with Gasteiger partial charge >= 0.3 is 17.9 Å². The quantitative estimate of drug-likeness (QED) is 0.0199. The molecule has 0 aliphatic carbocycles. The Labute approximate surface area is 442 Å². The van der Waals surface area contributed by atoms with Crippen molar-refractivity contribution >= 4 is 17.9 Å². The van der Waals surface area contributed by atoms with Crippen molar-refractivity contribution in [1.29, 1.82) is 0 Å². The molecule has 404 valence electrons. The minimum absolute atomic E-state index is 0.130. The van der Waals surface area contributed by atoms with Gasteiger partial charge in [-0.1, -0.05) is 263 Å². The Morgan fingerprint density at radius 3 is 1.06 bits per heavy atom. The van der Waals surface area contributed by atoms with Gasteiger partial charge in [0.05, 0.1) is 0 Å². The lowest BCUT2D eigenvalue weighted by Crippen LogP contribution is -2.30. The zero-order chi connectivity index (χ0) is 52.2. The summed E-state index contributed by atoms with van der Waals surface area (Å²) in [5.41, 5.74) is 0. The number of ether oxygens (including phenoxy) is 3. The van der Waals surface area contributed by atoms with E-state index in [1.807, 2.05) is 72.9 Å². The molecule has 0 aromatic heterocycles. The van der Waals surface area contributed by atoms with Gasteiger partial charge < -0.3 is 14.2 Å². The van der Waals surface area contributed by atoms with Crippen LogP contribution in [0.5, 0.6) is 0 Å². The zero-order valence-electron chi connectivity index (χ0n) is 46.1. The number of hydrogen-bond donors (Lipinski definition) is 0. The Kier molecular flexibility index (Phi) is 55.0. The number of carbonyl (C=O) groups excluding carboxylic acids is 3. The largest absolute Gasteiger partial charge is 0.462 e. The summed E-state index contributed by atoms with van der Waals surface area (Å²) in [4.78, 5) is 38.2. The van der Waals surface area contributed by atoms with Gasteiger partial charge in [-0.2, -0.15) is 0 Å². The fourth-order valence-corrected chi connectivity index (χ4v) is 7.43. The molecule has 0 saturated heterocycles. The molecule has 0 aromatic carbocycles. The maximum atomic E-state index is 12.9. The zero-order valence-corrected chi connectivity index (χ0v) is 46.1. The Hall–Kier alpha value is -4.71. The number of allylic oxidation sites excluding steroid dienone is 24. The molecule has 0 heterocycles. The van der Waals surface area contributed by atoms with Crippen LogP contribution in [-0.2, 0) is 28.6 Å². The molecule has 0 rings (SSSR count). The highest BCUT2D eigenvalue weighted by Gasteiger charge is 2.19. The normalized spacial score (nSPS) is 13.2. The van der Waals surface area contributed by atoms with Gasteiger partial charge in [0.25, 0.3) is 0 Å². The van der Waals surface area contributed by atoms with Crippen LogP contribution in [0.2, 0.25) is 0 Å². The van der Waals surface area contributed by atoms with E-state index in [1.165, 1.54) is 89.9 Å². The van der Waals surface area contributed by atoms with Crippen molar-refractivity contribution in [3.05, 3.63) is 146 Å². The van der Waals surface area contributed by atoms with Gasteiger partial charge in [0.15, 0.2) is 6.10 Å². The second kappa shape index (κ2) is 58.9. The number of carbonyl (C=O) groups is 3. The molecule has 0 N–H and O–H groups in total. The summed E-state index contributed by atoms with van der Waals surface area (Å²) < 4.78 is 16.8. The van der Waals surface area contributed by atoms with Crippen LogP contribution in [0.1, 0.15) is 233 Å². The van der Waals surface area contributed by atoms with E-state index in [0.717, 1.165) is 89.9 Å². The molecular formula is C66H104O6. The van der Waals surface area contributed by atoms with Crippen LogP contribution < -0.4 is 0 Å². The summed E-state index contributed by atoms with van der Waals surface area (Å²) >= 11 is 0. The van der Waals surface area contributed by atoms with Crippen molar-refractivity contribution < 1.29 is 28.6 Å². The smallest absolute Gasteiger partial charge is 0.306 e. The van der Waals surface area contributed by atoms with E-state index in [2.05, 4.69) is 93.7 Å². The summed E-state index contributed by atoms with van der Waals surface area (Å²) in [7, 11) is 0. The maximum absolute atomic E-state index is 12.9. The topological polar surface area (TPSA) is 78.9 Å². The highest BCUT2D eigenvalue weighted by Crippen LogP contribution is 2.13. The van der Waals surface area contributed by atoms with E-state index in [9.17, 15) is 14.4 Å². The molecule has 0 aliphatic rings. The van der Waals surface area contributed by atoms with Crippen molar-refractivity contribution in [1.82, 2.24) is 0 Å². The van der Waals surface area contributed by atoms with Crippen LogP contribution in [-0.4, -0.2) is 37.2 Å². The van der Waals surface area contributed by atoms with E-state index in [0.29, 0.717) is 12.8 Å². The lowest BCUT2D eigenvalue weighted by atomic mass is 10.1. The second-order valence-electron chi connectivity index (χ2n) is 18.7. The minimum atomic E-state index is -0.833. The molecule has 6 nitrogen and oxygen atoms in total. The molecule has 0 amide bonds. The van der Waals surface area contributed by atoms with Crippen molar-refractivity contribution in [2.75, 3.05) is 13.2 Å². The molecule has 0 radical (unpaired) electrons. The SMILES string of the molecule is CC\C=C/C=C\C=C/C=C\C=C\C=C/C=C\CCCCCC(=O)OCC(COC(=O)CCC/C=C\C/C=C\C/C=C\CCCCCCCC)OC(=O)CCCCCCC/C=C\C=C/CCCCCCCCC. The van der Waals surface area contributed by atoms with Crippen molar-refractivity contribution in [3.8, 4) is 0 Å². The first-order valence-corrected chi connectivity index (χ1v) is 29.0. The number of hydrogen-bond acceptors (Lipinski definition) is 6. The third kappa shape index (κ3) is 56.2. The van der Waals surface area contributed by atoms with Crippen LogP contribution >= 0.6 is 0 Å². The molecule has 0 fully saturated rings. The van der Waals surface area contributed by atoms with Crippen LogP contribution in [0.15, 0.2) is 146 Å². The van der Waals surface area contributed by atoms with Crippen LogP contribution in [0.25, 0.3) is 0 Å². The lowest BCUT2D eigenvalue weighted by Gasteiger charge is -2.18. The Balaban J connectivity index is 4.62. The standard InChI is InChI=1S/C66H104O6/c1-4-7-10-13-16-19-22-25-28-31-33-36-38-41-44-47-50-53-56-59-65(68)71-62-63(61-70-64(67)58-55-52-49-46-43-40-37-34-30-27-24-21-18-15-12-9-6-3)72-66(69)60-57-54-51-48-45-42-39-35-32-29-26-23-20-17-14-11-8-5-2/h7,10,13,16,19,22,25,27-33,35-41,44,46,49,63H,4-6,8-9,11-12,14-15,17-18,20-21,23-24,26,34,42-43,45,47-48,50-62H2,1-3H3/b10-7-,16-13-,22-19-,28-25-,30-27-,32-29-,33-31+,38-36-,39-35-,40-37-,44-41-,49-46-. The van der Waals surface area contributed by atoms with Crippen LogP contribution in [0.4, 0.5) is 0 Å². The first kappa shape index (κ1) is 67.3. The molecule has 1 atom stereocenters. The minimum Gasteiger partial charge on any atom is -0.462 e. The highest BCUT2D eigenvalue weighted by molar-refractivity contribution is 5.71. The van der Waals surface area contributed by atoms with Gasteiger partial charge in [-0.25, -0.2) is 0 Å². The average Bonchev–Trinajstić information content (AvgIpc) is 3.38. The average molecular weight is 994 g/mol. The molecule has 0 saturated carbocycles. The molecule has 72 heavy (non-hydrogen) atoms. The third-order valence-electron chi connectivity index (χ3n) is 11.8. The molecular weight excluding hydrogens is 889 g/mol. The van der Waals surface area contributed by atoms with E-state index in [1.54, 1.807) is 0 Å². The number of unbranched alkanes of at least 4 members (excludes halogenated alkanes) is 22. The summed E-state index contributed by atoms with van der Waals surface area (Å²) in [5, 5.41) is 0. The lowest BCUT2D eigenvalue weighted by molar-refractivity contribution is -0.167. The first-order chi connectivity index (χ1) is 35.5. The molecule has 0 bridgehead atoms. The van der Waals surface area contributed by atoms with Crippen molar-refractivity contribution in [3.63, 3.8) is 0 Å². The van der Waals surface area contributed by atoms with Gasteiger partial charge in [-0.05, 0) is 96.3 Å². The van der Waals surface area contributed by atoms with E-state index in [-0.39, 0.29) is 50.4 Å². The predicted octanol–water partition coefficient (Wildman–Crippen LogP) is 19.6. The summed E-state index contributed by atoms with van der Waals surface area (Å²) in [6.07, 6.45) is 84.1. The van der Waals surface area contributed by atoms with Crippen LogP contribution in [0.3, 0.4) is 0 Å². The van der Waals surface area contributed by atoms with Crippen molar-refractivity contribution in [2.45, 2.75) is 239 Å². The molecule has 1 unspecified atom stereocenters. The molecule has 0 spiro atoms. The fraction of sp³-hybridized carbons (Fsp3) is 0.591. The number of rotatable bonds is 50. The predicted molar refractivity (Wildman–Crippen MR) is 311 cm³/mol. The first-order valence-electron chi connectivity index (χ1n) is 29.0.